The van der Waals surface area contributed by atoms with E-state index in [9.17, 15) is 0 Å². The fourth-order valence-corrected chi connectivity index (χ4v) is 3.04. The monoisotopic (exact) mass is 268 g/mol. The Kier molecular flexibility index (Phi) is 5.27. The quantitative estimate of drug-likeness (QED) is 0.749. The molecule has 0 aromatic carbocycles. The molecule has 112 valence electrons. The van der Waals surface area contributed by atoms with Crippen LogP contribution in [0.15, 0.2) is 0 Å². The van der Waals surface area contributed by atoms with E-state index >= 15 is 0 Å². The van der Waals surface area contributed by atoms with Crippen LogP contribution >= 0.6 is 0 Å². The van der Waals surface area contributed by atoms with E-state index in [-0.39, 0.29) is 0 Å². The third-order valence-corrected chi connectivity index (χ3v) is 4.54. The molecule has 0 aromatic heterocycles. The van der Waals surface area contributed by atoms with Crippen molar-refractivity contribution >= 4 is 0 Å². The molecule has 1 aliphatic heterocycles. The zero-order chi connectivity index (χ0) is 13.9. The summed E-state index contributed by atoms with van der Waals surface area (Å²) in [6.45, 7) is 14.5. The lowest BCUT2D eigenvalue weighted by Crippen LogP contribution is -2.61. The Morgan fingerprint density at radius 3 is 2.53 bits per heavy atom. The molecule has 19 heavy (non-hydrogen) atoms. The van der Waals surface area contributed by atoms with Crippen molar-refractivity contribution in [2.75, 3.05) is 32.8 Å². The zero-order valence-corrected chi connectivity index (χ0v) is 13.2. The van der Waals surface area contributed by atoms with Gasteiger partial charge in [0.05, 0.1) is 6.61 Å². The number of rotatable bonds is 6. The highest BCUT2D eigenvalue weighted by atomic mass is 16.5. The van der Waals surface area contributed by atoms with Gasteiger partial charge in [0.25, 0.3) is 0 Å². The van der Waals surface area contributed by atoms with E-state index in [1.165, 1.54) is 25.9 Å². The molecule has 1 saturated carbocycles. The first kappa shape index (κ1) is 15.3. The van der Waals surface area contributed by atoms with Gasteiger partial charge in [-0.3, -0.25) is 4.90 Å². The van der Waals surface area contributed by atoms with Crippen molar-refractivity contribution in [3.05, 3.63) is 0 Å². The lowest BCUT2D eigenvalue weighted by atomic mass is 9.84. The van der Waals surface area contributed by atoms with Gasteiger partial charge in [-0.15, -0.1) is 0 Å². The van der Waals surface area contributed by atoms with Gasteiger partial charge in [-0.2, -0.15) is 0 Å². The minimum atomic E-state index is 0.344. The summed E-state index contributed by atoms with van der Waals surface area (Å²) in [6, 6.07) is 1.36. The summed E-state index contributed by atoms with van der Waals surface area (Å²) in [5.74, 6) is 0.944. The number of piperazine rings is 1. The van der Waals surface area contributed by atoms with Crippen molar-refractivity contribution < 1.29 is 4.74 Å². The predicted octanol–water partition coefficient (Wildman–Crippen LogP) is 2.51. The molecule has 2 unspecified atom stereocenters. The molecule has 2 rings (SSSR count). The molecule has 0 aromatic rings. The van der Waals surface area contributed by atoms with E-state index in [1.807, 2.05) is 0 Å². The second kappa shape index (κ2) is 6.55. The Balaban J connectivity index is 1.85. The highest BCUT2D eigenvalue weighted by Crippen LogP contribution is 2.37. The van der Waals surface area contributed by atoms with Crippen molar-refractivity contribution in [1.82, 2.24) is 10.2 Å². The summed E-state index contributed by atoms with van der Waals surface area (Å²) in [5, 5.41) is 3.78. The zero-order valence-electron chi connectivity index (χ0n) is 13.2. The molecule has 2 fully saturated rings. The first-order valence-corrected chi connectivity index (χ1v) is 8.07. The van der Waals surface area contributed by atoms with E-state index in [4.69, 9.17) is 4.74 Å². The Labute approximate surface area is 119 Å². The first-order chi connectivity index (χ1) is 9.02. The van der Waals surface area contributed by atoms with Crippen LogP contribution in [-0.4, -0.2) is 49.8 Å². The van der Waals surface area contributed by atoms with Gasteiger partial charge in [0, 0.05) is 38.3 Å². The second-order valence-electron chi connectivity index (χ2n) is 7.34. The standard InChI is InChI=1S/C16H32N2O/c1-5-9-19-10-8-18-12-15(16(2,3)4)17-11-14(18)13-6-7-13/h13-15,17H,5-12H2,1-4H3. The van der Waals surface area contributed by atoms with Crippen molar-refractivity contribution in [1.29, 1.82) is 0 Å². The maximum absolute atomic E-state index is 5.69. The number of hydrogen-bond donors (Lipinski definition) is 1. The van der Waals surface area contributed by atoms with Gasteiger partial charge in [0.2, 0.25) is 0 Å². The van der Waals surface area contributed by atoms with Crippen LogP contribution in [0.25, 0.3) is 0 Å². The molecule has 2 atom stereocenters. The molecule has 1 saturated heterocycles. The van der Waals surface area contributed by atoms with Crippen molar-refractivity contribution in [2.45, 2.75) is 59.0 Å². The molecule has 0 bridgehead atoms. The van der Waals surface area contributed by atoms with Gasteiger partial charge in [-0.1, -0.05) is 27.7 Å². The smallest absolute Gasteiger partial charge is 0.0593 e. The lowest BCUT2D eigenvalue weighted by Gasteiger charge is -2.45. The molecule has 3 heteroatoms. The molecule has 0 radical (unpaired) electrons. The average Bonchev–Trinajstić information content (AvgIpc) is 3.17. The summed E-state index contributed by atoms with van der Waals surface area (Å²) in [6.07, 6.45) is 3.98. The molecule has 1 N–H and O–H groups in total. The van der Waals surface area contributed by atoms with Gasteiger partial charge >= 0.3 is 0 Å². The van der Waals surface area contributed by atoms with Gasteiger partial charge in [-0.05, 0) is 30.6 Å². The summed E-state index contributed by atoms with van der Waals surface area (Å²) in [4.78, 5) is 2.69. The largest absolute Gasteiger partial charge is 0.380 e. The third-order valence-electron chi connectivity index (χ3n) is 4.54. The molecule has 3 nitrogen and oxygen atoms in total. The van der Waals surface area contributed by atoms with Crippen LogP contribution in [0, 0.1) is 11.3 Å². The average molecular weight is 268 g/mol. The third kappa shape index (κ3) is 4.44. The number of nitrogens with one attached hydrogen (secondary N) is 1. The Hall–Kier alpha value is -0.120. The van der Waals surface area contributed by atoms with Crippen LogP contribution in [0.3, 0.4) is 0 Å². The van der Waals surface area contributed by atoms with Crippen LogP contribution in [0.2, 0.25) is 0 Å². The molecular weight excluding hydrogens is 236 g/mol. The van der Waals surface area contributed by atoms with Gasteiger partial charge in [-0.25, -0.2) is 0 Å². The van der Waals surface area contributed by atoms with E-state index in [2.05, 4.69) is 37.9 Å². The number of nitrogens with zero attached hydrogens (tertiary/aromatic N) is 1. The summed E-state index contributed by atoms with van der Waals surface area (Å²) in [7, 11) is 0. The van der Waals surface area contributed by atoms with Crippen molar-refractivity contribution in [2.24, 2.45) is 11.3 Å². The maximum Gasteiger partial charge on any atom is 0.0593 e. The number of hydrogen-bond acceptors (Lipinski definition) is 3. The van der Waals surface area contributed by atoms with Gasteiger partial charge in [0.1, 0.15) is 0 Å². The van der Waals surface area contributed by atoms with Gasteiger partial charge < -0.3 is 10.1 Å². The summed E-state index contributed by atoms with van der Waals surface area (Å²) in [5.41, 5.74) is 0.344. The number of ether oxygens (including phenoxy) is 1. The molecular formula is C16H32N2O. The van der Waals surface area contributed by atoms with E-state index in [0.717, 1.165) is 38.1 Å². The minimum Gasteiger partial charge on any atom is -0.380 e. The maximum atomic E-state index is 5.69. The highest BCUT2D eigenvalue weighted by molar-refractivity contribution is 4.97. The lowest BCUT2D eigenvalue weighted by molar-refractivity contribution is 0.0395. The fraction of sp³-hybridized carbons (Fsp3) is 1.00. The predicted molar refractivity (Wildman–Crippen MR) is 80.4 cm³/mol. The molecule has 1 heterocycles. The van der Waals surface area contributed by atoms with Crippen LogP contribution < -0.4 is 5.32 Å². The Morgan fingerprint density at radius 1 is 1.21 bits per heavy atom. The molecule has 1 aliphatic carbocycles. The molecule has 2 aliphatic rings. The van der Waals surface area contributed by atoms with Crippen LogP contribution in [0.4, 0.5) is 0 Å². The topological polar surface area (TPSA) is 24.5 Å². The van der Waals surface area contributed by atoms with E-state index < -0.39 is 0 Å². The van der Waals surface area contributed by atoms with Crippen molar-refractivity contribution in [3.63, 3.8) is 0 Å². The van der Waals surface area contributed by atoms with Gasteiger partial charge in [0.15, 0.2) is 0 Å². The minimum absolute atomic E-state index is 0.344. The second-order valence-corrected chi connectivity index (χ2v) is 7.34. The van der Waals surface area contributed by atoms with Crippen molar-refractivity contribution in [3.8, 4) is 0 Å². The highest BCUT2D eigenvalue weighted by Gasteiger charge is 2.40. The van der Waals surface area contributed by atoms with Crippen LogP contribution in [-0.2, 0) is 4.74 Å². The SMILES string of the molecule is CCCOCCN1CC(C(C)(C)C)NCC1C1CC1. The normalized spacial score (nSPS) is 29.7. The molecule has 0 amide bonds. The van der Waals surface area contributed by atoms with E-state index in [1.54, 1.807) is 0 Å². The first-order valence-electron chi connectivity index (χ1n) is 8.07. The Morgan fingerprint density at radius 2 is 1.95 bits per heavy atom. The Bertz CT molecular complexity index is 270. The fourth-order valence-electron chi connectivity index (χ4n) is 3.04. The summed E-state index contributed by atoms with van der Waals surface area (Å²) >= 11 is 0. The summed E-state index contributed by atoms with van der Waals surface area (Å²) < 4.78 is 5.69. The van der Waals surface area contributed by atoms with Crippen LogP contribution in [0.1, 0.15) is 47.0 Å². The van der Waals surface area contributed by atoms with E-state index in [0.29, 0.717) is 11.5 Å². The molecule has 0 spiro atoms. The van der Waals surface area contributed by atoms with Crippen LogP contribution in [0.5, 0.6) is 0 Å².